The first-order valence-corrected chi connectivity index (χ1v) is 7.74. The Kier molecular flexibility index (Phi) is 3.38. The van der Waals surface area contributed by atoms with Gasteiger partial charge in [0.25, 0.3) is 0 Å². The van der Waals surface area contributed by atoms with Crippen molar-refractivity contribution in [3.8, 4) is 11.5 Å². The number of hydrogen-bond donors (Lipinski definition) is 1. The highest BCUT2D eigenvalue weighted by atomic mass is 32.1. The molecule has 1 atom stereocenters. The average Bonchev–Trinajstić information content (AvgIpc) is 3.22. The lowest BCUT2D eigenvalue weighted by Crippen LogP contribution is -2.31. The zero-order valence-electron chi connectivity index (χ0n) is 12.3. The molecule has 4 rings (SSSR count). The minimum atomic E-state index is -0.0304. The standard InChI is InChI=1S/C17H15N3O2S/c18-17(23)20-14(9-13(19-20)11-4-2-1-3-5-11)12-6-7-15-16(8-12)22-10-21-15/h1-8,14H,9-10H2,(H2,18,23). The molecule has 2 aliphatic heterocycles. The maximum Gasteiger partial charge on any atom is 0.231 e. The van der Waals surface area contributed by atoms with Crippen LogP contribution in [0.4, 0.5) is 0 Å². The Bertz CT molecular complexity index is 792. The second-order valence-corrected chi connectivity index (χ2v) is 5.85. The van der Waals surface area contributed by atoms with Crippen LogP contribution in [-0.2, 0) is 0 Å². The van der Waals surface area contributed by atoms with Crippen molar-refractivity contribution in [2.75, 3.05) is 6.79 Å². The summed E-state index contributed by atoms with van der Waals surface area (Å²) in [6.07, 6.45) is 0.737. The van der Waals surface area contributed by atoms with Crippen molar-refractivity contribution in [1.29, 1.82) is 0 Å². The lowest BCUT2D eigenvalue weighted by atomic mass is 9.98. The highest BCUT2D eigenvalue weighted by Crippen LogP contribution is 2.38. The number of ether oxygens (including phenoxy) is 2. The van der Waals surface area contributed by atoms with Gasteiger partial charge in [0, 0.05) is 6.42 Å². The molecule has 0 fully saturated rings. The van der Waals surface area contributed by atoms with Crippen molar-refractivity contribution in [2.24, 2.45) is 10.8 Å². The molecule has 0 aromatic heterocycles. The zero-order chi connectivity index (χ0) is 15.8. The molecule has 0 saturated carbocycles. The monoisotopic (exact) mass is 325 g/mol. The molecule has 0 bridgehead atoms. The van der Waals surface area contributed by atoms with Crippen molar-refractivity contribution < 1.29 is 9.47 Å². The number of thiocarbonyl (C=S) groups is 1. The minimum Gasteiger partial charge on any atom is -0.454 e. The van der Waals surface area contributed by atoms with Crippen LogP contribution in [-0.4, -0.2) is 22.6 Å². The van der Waals surface area contributed by atoms with E-state index in [0.29, 0.717) is 0 Å². The molecule has 2 N–H and O–H groups in total. The molecule has 2 aliphatic rings. The first-order chi connectivity index (χ1) is 11.2. The number of fused-ring (bicyclic) bond motifs is 1. The Labute approximate surface area is 139 Å². The van der Waals surface area contributed by atoms with Gasteiger partial charge < -0.3 is 15.2 Å². The Morgan fingerprint density at radius 1 is 1.13 bits per heavy atom. The number of nitrogens with zero attached hydrogens (tertiary/aromatic N) is 2. The number of benzene rings is 2. The molecule has 116 valence electrons. The van der Waals surface area contributed by atoms with Gasteiger partial charge in [-0.3, -0.25) is 0 Å². The fourth-order valence-electron chi connectivity index (χ4n) is 2.90. The third-order valence-corrected chi connectivity index (χ3v) is 4.21. The topological polar surface area (TPSA) is 60.1 Å². The van der Waals surface area contributed by atoms with Gasteiger partial charge in [0.15, 0.2) is 16.6 Å². The van der Waals surface area contributed by atoms with Crippen LogP contribution < -0.4 is 15.2 Å². The molecule has 6 heteroatoms. The summed E-state index contributed by atoms with van der Waals surface area (Å²) in [5.41, 5.74) is 8.98. The molecule has 2 aromatic rings. The number of hydrazone groups is 1. The fourth-order valence-corrected chi connectivity index (χ4v) is 3.07. The number of hydrogen-bond acceptors (Lipinski definition) is 4. The van der Waals surface area contributed by atoms with Crippen LogP contribution in [0, 0.1) is 0 Å². The Hall–Kier alpha value is -2.60. The Balaban J connectivity index is 1.68. The maximum atomic E-state index is 5.87. The molecular weight excluding hydrogens is 310 g/mol. The third kappa shape index (κ3) is 2.51. The molecule has 0 aliphatic carbocycles. The number of nitrogens with two attached hydrogens (primary N) is 1. The van der Waals surface area contributed by atoms with E-state index < -0.39 is 0 Å². The van der Waals surface area contributed by atoms with E-state index in [0.717, 1.165) is 34.8 Å². The summed E-state index contributed by atoms with van der Waals surface area (Å²) >= 11 is 5.18. The molecule has 2 aromatic carbocycles. The SMILES string of the molecule is NC(=S)N1N=C(c2ccccc2)CC1c1ccc2c(c1)OCO2. The van der Waals surface area contributed by atoms with Crippen LogP contribution in [0.3, 0.4) is 0 Å². The van der Waals surface area contributed by atoms with Crippen LogP contribution in [0.1, 0.15) is 23.6 Å². The molecule has 0 spiro atoms. The molecular formula is C17H15N3O2S. The first kappa shape index (κ1) is 14.0. The van der Waals surface area contributed by atoms with Gasteiger partial charge in [0.2, 0.25) is 6.79 Å². The van der Waals surface area contributed by atoms with Crippen LogP contribution in [0.25, 0.3) is 0 Å². The first-order valence-electron chi connectivity index (χ1n) is 7.33. The average molecular weight is 325 g/mol. The highest BCUT2D eigenvalue weighted by molar-refractivity contribution is 7.80. The van der Waals surface area contributed by atoms with E-state index in [1.54, 1.807) is 5.01 Å². The van der Waals surface area contributed by atoms with Crippen molar-refractivity contribution in [3.63, 3.8) is 0 Å². The van der Waals surface area contributed by atoms with Gasteiger partial charge in [-0.2, -0.15) is 5.10 Å². The van der Waals surface area contributed by atoms with Gasteiger partial charge in [-0.15, -0.1) is 0 Å². The fraction of sp³-hybridized carbons (Fsp3) is 0.176. The van der Waals surface area contributed by atoms with E-state index in [1.807, 2.05) is 48.5 Å². The van der Waals surface area contributed by atoms with E-state index >= 15 is 0 Å². The second-order valence-electron chi connectivity index (χ2n) is 5.43. The van der Waals surface area contributed by atoms with Crippen LogP contribution in [0.5, 0.6) is 11.5 Å². The van der Waals surface area contributed by atoms with Crippen molar-refractivity contribution in [1.82, 2.24) is 5.01 Å². The molecule has 0 amide bonds. The van der Waals surface area contributed by atoms with Crippen LogP contribution in [0.2, 0.25) is 0 Å². The predicted molar refractivity (Wildman–Crippen MR) is 91.5 cm³/mol. The van der Waals surface area contributed by atoms with E-state index in [1.165, 1.54) is 0 Å². The summed E-state index contributed by atoms with van der Waals surface area (Å²) in [6, 6.07) is 15.9. The Morgan fingerprint density at radius 2 is 1.91 bits per heavy atom. The van der Waals surface area contributed by atoms with Crippen LogP contribution >= 0.6 is 12.2 Å². The molecule has 0 saturated heterocycles. The molecule has 1 unspecified atom stereocenters. The molecule has 23 heavy (non-hydrogen) atoms. The van der Waals surface area contributed by atoms with Gasteiger partial charge >= 0.3 is 0 Å². The Morgan fingerprint density at radius 3 is 2.70 bits per heavy atom. The van der Waals surface area contributed by atoms with Gasteiger partial charge in [0.05, 0.1) is 11.8 Å². The minimum absolute atomic E-state index is 0.0304. The molecule has 2 heterocycles. The van der Waals surface area contributed by atoms with Crippen molar-refractivity contribution >= 4 is 23.0 Å². The smallest absolute Gasteiger partial charge is 0.231 e. The third-order valence-electron chi connectivity index (χ3n) is 4.02. The van der Waals surface area contributed by atoms with E-state index in [2.05, 4.69) is 5.10 Å². The number of rotatable bonds is 2. The lowest BCUT2D eigenvalue weighted by Gasteiger charge is -2.22. The van der Waals surface area contributed by atoms with Gasteiger partial charge in [0.1, 0.15) is 0 Å². The quantitative estimate of drug-likeness (QED) is 0.861. The van der Waals surface area contributed by atoms with Crippen molar-refractivity contribution in [3.05, 3.63) is 59.7 Å². The summed E-state index contributed by atoms with van der Waals surface area (Å²) in [7, 11) is 0. The van der Waals surface area contributed by atoms with Gasteiger partial charge in [-0.05, 0) is 35.5 Å². The van der Waals surface area contributed by atoms with E-state index in [-0.39, 0.29) is 17.9 Å². The summed E-state index contributed by atoms with van der Waals surface area (Å²) < 4.78 is 10.8. The maximum absolute atomic E-state index is 5.87. The molecule has 0 radical (unpaired) electrons. The summed E-state index contributed by atoms with van der Waals surface area (Å²) in [5.74, 6) is 1.51. The van der Waals surface area contributed by atoms with Crippen LogP contribution in [0.15, 0.2) is 53.6 Å². The summed E-state index contributed by atoms with van der Waals surface area (Å²) in [6.45, 7) is 0.258. The summed E-state index contributed by atoms with van der Waals surface area (Å²) in [4.78, 5) is 0. The normalized spacial score (nSPS) is 18.9. The van der Waals surface area contributed by atoms with Crippen molar-refractivity contribution in [2.45, 2.75) is 12.5 Å². The second kappa shape index (κ2) is 5.55. The van der Waals surface area contributed by atoms with Gasteiger partial charge in [-0.25, -0.2) is 5.01 Å². The molecule has 5 nitrogen and oxygen atoms in total. The zero-order valence-corrected chi connectivity index (χ0v) is 13.1. The lowest BCUT2D eigenvalue weighted by molar-refractivity contribution is 0.174. The predicted octanol–water partition coefficient (Wildman–Crippen LogP) is 2.81. The van der Waals surface area contributed by atoms with E-state index in [9.17, 15) is 0 Å². The van der Waals surface area contributed by atoms with E-state index in [4.69, 9.17) is 27.4 Å². The van der Waals surface area contributed by atoms with Gasteiger partial charge in [-0.1, -0.05) is 36.4 Å². The largest absolute Gasteiger partial charge is 0.454 e. The highest BCUT2D eigenvalue weighted by Gasteiger charge is 2.31. The summed E-state index contributed by atoms with van der Waals surface area (Å²) in [5, 5.41) is 6.59.